The molecule has 0 aliphatic carbocycles. The number of hydrogen-bond donors (Lipinski definition) is 2. The number of ether oxygens (including phenoxy) is 4. The predicted molar refractivity (Wildman–Crippen MR) is 110 cm³/mol. The van der Waals surface area contributed by atoms with Crippen molar-refractivity contribution in [3.05, 3.63) is 36.4 Å². The van der Waals surface area contributed by atoms with Crippen molar-refractivity contribution in [3.8, 4) is 23.0 Å². The average Bonchev–Trinajstić information content (AvgIpc) is 2.68. The van der Waals surface area contributed by atoms with Crippen LogP contribution in [0.25, 0.3) is 0 Å². The Bertz CT molecular complexity index is 767. The Hall–Kier alpha value is -3.09. The van der Waals surface area contributed by atoms with Gasteiger partial charge < -0.3 is 29.6 Å². The summed E-state index contributed by atoms with van der Waals surface area (Å²) in [6.45, 7) is 4.33. The molecule has 0 radical (unpaired) electrons. The maximum absolute atomic E-state index is 12.3. The smallest absolute Gasteiger partial charge is 0.226 e. The molecule has 0 aliphatic rings. The quantitative estimate of drug-likeness (QED) is 0.642. The second-order valence-electron chi connectivity index (χ2n) is 6.30. The van der Waals surface area contributed by atoms with E-state index < -0.39 is 0 Å². The van der Waals surface area contributed by atoms with Crippen molar-refractivity contribution >= 4 is 17.3 Å². The van der Waals surface area contributed by atoms with Crippen LogP contribution in [0.15, 0.2) is 36.4 Å². The Balaban J connectivity index is 1.96. The second kappa shape index (κ2) is 10.3. The normalized spacial score (nSPS) is 10.4. The van der Waals surface area contributed by atoms with Gasteiger partial charge in [0.25, 0.3) is 0 Å². The van der Waals surface area contributed by atoms with Gasteiger partial charge in [0.15, 0.2) is 11.5 Å². The molecule has 0 fully saturated rings. The van der Waals surface area contributed by atoms with Crippen LogP contribution in [0.4, 0.5) is 11.4 Å². The molecule has 0 aromatic heterocycles. The lowest BCUT2D eigenvalue weighted by atomic mass is 10.2. The summed E-state index contributed by atoms with van der Waals surface area (Å²) in [5.74, 6) is 2.17. The molecule has 0 saturated heterocycles. The van der Waals surface area contributed by atoms with Crippen LogP contribution < -0.4 is 29.6 Å². The fraction of sp³-hybridized carbons (Fsp3) is 0.381. The van der Waals surface area contributed by atoms with E-state index in [4.69, 9.17) is 18.9 Å². The lowest BCUT2D eigenvalue weighted by Crippen LogP contribution is -2.17. The zero-order valence-electron chi connectivity index (χ0n) is 17.0. The van der Waals surface area contributed by atoms with E-state index in [1.165, 1.54) is 0 Å². The van der Waals surface area contributed by atoms with E-state index in [0.717, 1.165) is 5.69 Å². The topological polar surface area (TPSA) is 78.1 Å². The third-order valence-corrected chi connectivity index (χ3v) is 3.87. The Morgan fingerprint density at radius 1 is 0.964 bits per heavy atom. The Morgan fingerprint density at radius 3 is 2.18 bits per heavy atom. The van der Waals surface area contributed by atoms with Gasteiger partial charge in [-0.2, -0.15) is 0 Å². The molecule has 7 nitrogen and oxygen atoms in total. The van der Waals surface area contributed by atoms with Gasteiger partial charge in [-0.05, 0) is 26.0 Å². The van der Waals surface area contributed by atoms with Gasteiger partial charge in [0, 0.05) is 30.8 Å². The Morgan fingerprint density at radius 2 is 1.61 bits per heavy atom. The van der Waals surface area contributed by atoms with Crippen LogP contribution in [-0.2, 0) is 4.79 Å². The number of rotatable bonds is 10. The molecule has 2 aromatic carbocycles. The van der Waals surface area contributed by atoms with Crippen LogP contribution in [-0.4, -0.2) is 39.9 Å². The summed E-state index contributed by atoms with van der Waals surface area (Å²) >= 11 is 0. The molecular formula is C21H28N2O5. The van der Waals surface area contributed by atoms with E-state index in [-0.39, 0.29) is 18.4 Å². The van der Waals surface area contributed by atoms with Gasteiger partial charge in [-0.15, -0.1) is 0 Å². The zero-order chi connectivity index (χ0) is 20.5. The minimum atomic E-state index is -0.111. The van der Waals surface area contributed by atoms with Crippen LogP contribution in [0, 0.1) is 0 Å². The average molecular weight is 388 g/mol. The lowest BCUT2D eigenvalue weighted by Gasteiger charge is -2.16. The van der Waals surface area contributed by atoms with Crippen molar-refractivity contribution in [2.75, 3.05) is 38.5 Å². The maximum atomic E-state index is 12.3. The summed E-state index contributed by atoms with van der Waals surface area (Å²) in [4.78, 5) is 12.3. The lowest BCUT2D eigenvalue weighted by molar-refractivity contribution is -0.116. The standard InChI is InChI=1S/C21H28N2O5/c1-14(2)28-17-9-7-6-8-16(17)23-20(24)10-11-22-15-12-18(25-3)21(27-5)19(13-15)26-4/h6-9,12-14,22H,10-11H2,1-5H3,(H,23,24). The highest BCUT2D eigenvalue weighted by Crippen LogP contribution is 2.39. The molecule has 0 aliphatic heterocycles. The van der Waals surface area contributed by atoms with Crippen molar-refractivity contribution in [2.45, 2.75) is 26.4 Å². The molecular weight excluding hydrogens is 360 g/mol. The summed E-state index contributed by atoms with van der Waals surface area (Å²) in [7, 11) is 4.68. The Labute approximate surface area is 165 Å². The Kier molecular flexibility index (Phi) is 7.80. The highest BCUT2D eigenvalue weighted by Gasteiger charge is 2.13. The van der Waals surface area contributed by atoms with Gasteiger partial charge in [-0.1, -0.05) is 12.1 Å². The summed E-state index contributed by atoms with van der Waals surface area (Å²) < 4.78 is 21.7. The number of carbonyl (C=O) groups is 1. The van der Waals surface area contributed by atoms with Crippen molar-refractivity contribution in [3.63, 3.8) is 0 Å². The molecule has 0 saturated carbocycles. The first-order valence-corrected chi connectivity index (χ1v) is 9.07. The van der Waals surface area contributed by atoms with E-state index in [0.29, 0.717) is 35.2 Å². The van der Waals surface area contributed by atoms with E-state index in [2.05, 4.69) is 10.6 Å². The first-order valence-electron chi connectivity index (χ1n) is 9.07. The number of amides is 1. The molecule has 2 aromatic rings. The highest BCUT2D eigenvalue weighted by molar-refractivity contribution is 5.92. The van der Waals surface area contributed by atoms with E-state index >= 15 is 0 Å². The predicted octanol–water partition coefficient (Wildman–Crippen LogP) is 3.94. The van der Waals surface area contributed by atoms with E-state index in [1.807, 2.05) is 38.1 Å². The van der Waals surface area contributed by atoms with Crippen LogP contribution in [0.3, 0.4) is 0 Å². The molecule has 2 rings (SSSR count). The van der Waals surface area contributed by atoms with E-state index in [9.17, 15) is 4.79 Å². The summed E-state index contributed by atoms with van der Waals surface area (Å²) in [5.41, 5.74) is 1.43. The SMILES string of the molecule is COc1cc(NCCC(=O)Nc2ccccc2OC(C)C)cc(OC)c1OC. The molecule has 0 heterocycles. The molecule has 7 heteroatoms. The number of methoxy groups -OCH3 is 3. The molecule has 0 bridgehead atoms. The first-order chi connectivity index (χ1) is 13.5. The summed E-state index contributed by atoms with van der Waals surface area (Å²) in [6.07, 6.45) is 0.312. The number of hydrogen-bond acceptors (Lipinski definition) is 6. The number of benzene rings is 2. The van der Waals surface area contributed by atoms with Gasteiger partial charge in [-0.25, -0.2) is 0 Å². The number of nitrogens with one attached hydrogen (secondary N) is 2. The highest BCUT2D eigenvalue weighted by atomic mass is 16.5. The molecule has 1 amide bonds. The van der Waals surface area contributed by atoms with Crippen molar-refractivity contribution in [1.29, 1.82) is 0 Å². The van der Waals surface area contributed by atoms with Gasteiger partial charge in [0.2, 0.25) is 11.7 Å². The molecule has 0 spiro atoms. The van der Waals surface area contributed by atoms with Gasteiger partial charge >= 0.3 is 0 Å². The van der Waals surface area contributed by atoms with Crippen LogP contribution in [0.1, 0.15) is 20.3 Å². The van der Waals surface area contributed by atoms with Gasteiger partial charge in [0.1, 0.15) is 5.75 Å². The molecule has 152 valence electrons. The fourth-order valence-electron chi connectivity index (χ4n) is 2.64. The summed E-state index contributed by atoms with van der Waals surface area (Å²) in [6, 6.07) is 11.0. The largest absolute Gasteiger partial charge is 0.493 e. The summed E-state index contributed by atoms with van der Waals surface area (Å²) in [5, 5.41) is 6.09. The minimum absolute atomic E-state index is 0.0275. The van der Waals surface area contributed by atoms with Crippen LogP contribution >= 0.6 is 0 Å². The number of anilines is 2. The van der Waals surface area contributed by atoms with Gasteiger partial charge in [-0.3, -0.25) is 4.79 Å². The maximum Gasteiger partial charge on any atom is 0.226 e. The molecule has 28 heavy (non-hydrogen) atoms. The molecule has 0 unspecified atom stereocenters. The minimum Gasteiger partial charge on any atom is -0.493 e. The van der Waals surface area contributed by atoms with Crippen molar-refractivity contribution in [2.24, 2.45) is 0 Å². The van der Waals surface area contributed by atoms with Gasteiger partial charge in [0.05, 0.1) is 33.1 Å². The fourth-order valence-corrected chi connectivity index (χ4v) is 2.64. The molecule has 2 N–H and O–H groups in total. The second-order valence-corrected chi connectivity index (χ2v) is 6.30. The number of carbonyl (C=O) groups excluding carboxylic acids is 1. The third-order valence-electron chi connectivity index (χ3n) is 3.87. The van der Waals surface area contributed by atoms with E-state index in [1.54, 1.807) is 33.5 Å². The first kappa shape index (κ1) is 21.2. The number of para-hydroxylation sites is 2. The van der Waals surface area contributed by atoms with Crippen molar-refractivity contribution in [1.82, 2.24) is 0 Å². The zero-order valence-corrected chi connectivity index (χ0v) is 17.0. The molecule has 0 atom stereocenters. The van der Waals surface area contributed by atoms with Crippen LogP contribution in [0.2, 0.25) is 0 Å². The van der Waals surface area contributed by atoms with Crippen LogP contribution in [0.5, 0.6) is 23.0 Å². The monoisotopic (exact) mass is 388 g/mol. The van der Waals surface area contributed by atoms with Crippen molar-refractivity contribution < 1.29 is 23.7 Å². The third kappa shape index (κ3) is 5.70.